The Hall–Kier alpha value is -2.01. The van der Waals surface area contributed by atoms with E-state index in [0.29, 0.717) is 0 Å². The minimum absolute atomic E-state index is 0.0248. The molecule has 21 heavy (non-hydrogen) atoms. The van der Waals surface area contributed by atoms with E-state index in [1.165, 1.54) is 16.6 Å². The van der Waals surface area contributed by atoms with Crippen LogP contribution in [0.1, 0.15) is 16.1 Å². The largest absolute Gasteiger partial charge is 0.368 e. The molecule has 2 aromatic rings. The highest BCUT2D eigenvalue weighted by Gasteiger charge is 2.25. The molecule has 0 spiro atoms. The maximum absolute atomic E-state index is 12.0. The van der Waals surface area contributed by atoms with Gasteiger partial charge in [-0.1, -0.05) is 6.07 Å². The monoisotopic (exact) mass is 284 g/mol. The lowest BCUT2D eigenvalue weighted by atomic mass is 10.0. The van der Waals surface area contributed by atoms with Gasteiger partial charge in [0, 0.05) is 49.3 Å². The zero-order valence-electron chi connectivity index (χ0n) is 12.3. The molecule has 5 nitrogen and oxygen atoms in total. The molecule has 0 bridgehead atoms. The quantitative estimate of drug-likeness (QED) is 0.827. The van der Waals surface area contributed by atoms with Crippen LogP contribution in [0.2, 0.25) is 0 Å². The van der Waals surface area contributed by atoms with E-state index in [0.717, 1.165) is 50.4 Å². The van der Waals surface area contributed by atoms with Gasteiger partial charge < -0.3 is 20.1 Å². The summed E-state index contributed by atoms with van der Waals surface area (Å²) in [5, 5.41) is 4.16. The van der Waals surface area contributed by atoms with E-state index in [9.17, 15) is 4.79 Å². The van der Waals surface area contributed by atoms with Crippen molar-refractivity contribution in [1.29, 1.82) is 0 Å². The number of piperazine rings is 1. The summed E-state index contributed by atoms with van der Waals surface area (Å²) in [6.45, 7) is 4.99. The predicted molar refractivity (Wildman–Crippen MR) is 84.0 cm³/mol. The smallest absolute Gasteiger partial charge is 0.268 e. The van der Waals surface area contributed by atoms with Crippen LogP contribution < -0.4 is 10.2 Å². The zero-order valence-corrected chi connectivity index (χ0v) is 12.3. The number of aromatic amines is 1. The second-order valence-corrected chi connectivity index (χ2v) is 5.97. The Kier molecular flexibility index (Phi) is 2.89. The fourth-order valence-corrected chi connectivity index (χ4v) is 3.44. The number of nitrogens with one attached hydrogen (secondary N) is 2. The zero-order chi connectivity index (χ0) is 14.4. The average Bonchev–Trinajstić information content (AvgIpc) is 2.88. The van der Waals surface area contributed by atoms with E-state index in [2.05, 4.69) is 45.3 Å². The summed E-state index contributed by atoms with van der Waals surface area (Å²) in [6, 6.07) is 6.34. The van der Waals surface area contributed by atoms with Crippen molar-refractivity contribution in [2.45, 2.75) is 6.42 Å². The molecule has 1 aromatic carbocycles. The van der Waals surface area contributed by atoms with E-state index in [4.69, 9.17) is 0 Å². The summed E-state index contributed by atoms with van der Waals surface area (Å²) in [6.07, 6.45) is 0.909. The lowest BCUT2D eigenvalue weighted by Gasteiger charge is -2.34. The normalized spacial score (nSPS) is 19.7. The molecule has 3 heterocycles. The SMILES string of the molecule is CN1CCN(c2cccc3[nH]c4c(c23)CCNC4=O)CC1. The molecule has 1 fully saturated rings. The van der Waals surface area contributed by atoms with Gasteiger partial charge in [-0.2, -0.15) is 0 Å². The standard InChI is InChI=1S/C16H20N4O/c1-19-7-9-20(10-8-19)13-4-2-3-12-14(13)11-5-6-17-16(21)15(11)18-12/h2-4,18H,5-10H2,1H3,(H,17,21). The first-order valence-electron chi connectivity index (χ1n) is 7.59. The number of anilines is 1. The maximum atomic E-state index is 12.0. The molecule has 0 saturated carbocycles. The molecule has 4 rings (SSSR count). The van der Waals surface area contributed by atoms with Gasteiger partial charge in [0.1, 0.15) is 5.69 Å². The summed E-state index contributed by atoms with van der Waals surface area (Å²) >= 11 is 0. The van der Waals surface area contributed by atoms with Crippen molar-refractivity contribution < 1.29 is 4.79 Å². The molecule has 2 N–H and O–H groups in total. The number of carbonyl (C=O) groups is 1. The molecule has 0 aliphatic carbocycles. The lowest BCUT2D eigenvalue weighted by molar-refractivity contribution is 0.0942. The Morgan fingerprint density at radius 2 is 1.95 bits per heavy atom. The number of nitrogens with zero attached hydrogens (tertiary/aromatic N) is 2. The number of fused-ring (bicyclic) bond motifs is 3. The summed E-state index contributed by atoms with van der Waals surface area (Å²) in [4.78, 5) is 20.1. The molecule has 5 heteroatoms. The van der Waals surface area contributed by atoms with E-state index in [-0.39, 0.29) is 5.91 Å². The van der Waals surface area contributed by atoms with Crippen LogP contribution in [-0.2, 0) is 6.42 Å². The average molecular weight is 284 g/mol. The van der Waals surface area contributed by atoms with Gasteiger partial charge in [-0.15, -0.1) is 0 Å². The van der Waals surface area contributed by atoms with Gasteiger partial charge in [-0.05, 0) is 31.2 Å². The molecule has 2 aliphatic heterocycles. The van der Waals surface area contributed by atoms with Crippen LogP contribution >= 0.6 is 0 Å². The van der Waals surface area contributed by atoms with Gasteiger partial charge in [0.25, 0.3) is 5.91 Å². The number of hydrogen-bond acceptors (Lipinski definition) is 3. The van der Waals surface area contributed by atoms with E-state index >= 15 is 0 Å². The minimum atomic E-state index is 0.0248. The highest BCUT2D eigenvalue weighted by atomic mass is 16.1. The molecule has 0 atom stereocenters. The first kappa shape index (κ1) is 12.7. The number of carbonyl (C=O) groups excluding carboxylic acids is 1. The minimum Gasteiger partial charge on any atom is -0.368 e. The number of benzene rings is 1. The van der Waals surface area contributed by atoms with Gasteiger partial charge in [-0.3, -0.25) is 4.79 Å². The van der Waals surface area contributed by atoms with Crippen LogP contribution in [0.15, 0.2) is 18.2 Å². The van der Waals surface area contributed by atoms with Crippen LogP contribution in [0.4, 0.5) is 5.69 Å². The van der Waals surface area contributed by atoms with E-state index in [1.807, 2.05) is 0 Å². The topological polar surface area (TPSA) is 51.4 Å². The van der Waals surface area contributed by atoms with E-state index < -0.39 is 0 Å². The van der Waals surface area contributed by atoms with Crippen molar-refractivity contribution in [3.63, 3.8) is 0 Å². The Bertz CT molecular complexity index is 698. The molecule has 1 saturated heterocycles. The van der Waals surface area contributed by atoms with Crippen LogP contribution in [0.3, 0.4) is 0 Å². The maximum Gasteiger partial charge on any atom is 0.268 e. The summed E-state index contributed by atoms with van der Waals surface area (Å²) in [5.74, 6) is 0.0248. The summed E-state index contributed by atoms with van der Waals surface area (Å²) in [5.41, 5.74) is 4.28. The lowest BCUT2D eigenvalue weighted by Crippen LogP contribution is -2.44. The van der Waals surface area contributed by atoms with Gasteiger partial charge in [0.05, 0.1) is 0 Å². The summed E-state index contributed by atoms with van der Waals surface area (Å²) in [7, 11) is 2.17. The molecule has 2 aliphatic rings. The Balaban J connectivity index is 1.84. The predicted octanol–water partition coefficient (Wildman–Crippen LogP) is 1.21. The van der Waals surface area contributed by atoms with Crippen LogP contribution in [0.25, 0.3) is 10.9 Å². The fourth-order valence-electron chi connectivity index (χ4n) is 3.44. The highest BCUT2D eigenvalue weighted by Crippen LogP contribution is 2.33. The molecule has 0 radical (unpaired) electrons. The van der Waals surface area contributed by atoms with Crippen LogP contribution in [0, 0.1) is 0 Å². The third-order valence-corrected chi connectivity index (χ3v) is 4.64. The number of aromatic nitrogens is 1. The molecule has 1 aromatic heterocycles. The van der Waals surface area contributed by atoms with Gasteiger partial charge in [0.15, 0.2) is 0 Å². The number of rotatable bonds is 1. The van der Waals surface area contributed by atoms with Crippen molar-refractivity contribution in [2.75, 3.05) is 44.7 Å². The molecule has 0 unspecified atom stereocenters. The van der Waals surface area contributed by atoms with E-state index in [1.54, 1.807) is 0 Å². The van der Waals surface area contributed by atoms with Crippen molar-refractivity contribution >= 4 is 22.5 Å². The molecular weight excluding hydrogens is 264 g/mol. The van der Waals surface area contributed by atoms with Crippen molar-refractivity contribution in [3.05, 3.63) is 29.5 Å². The Morgan fingerprint density at radius 1 is 1.14 bits per heavy atom. The van der Waals surface area contributed by atoms with Crippen LogP contribution in [0.5, 0.6) is 0 Å². The molecule has 1 amide bonds. The second kappa shape index (κ2) is 4.77. The second-order valence-electron chi connectivity index (χ2n) is 5.97. The fraction of sp³-hybridized carbons (Fsp3) is 0.438. The number of H-pyrrole nitrogens is 1. The molecular formula is C16H20N4O. The first-order chi connectivity index (χ1) is 10.2. The number of amides is 1. The van der Waals surface area contributed by atoms with Crippen molar-refractivity contribution in [3.8, 4) is 0 Å². The number of hydrogen-bond donors (Lipinski definition) is 2. The van der Waals surface area contributed by atoms with Crippen molar-refractivity contribution in [2.24, 2.45) is 0 Å². The third kappa shape index (κ3) is 2.00. The highest BCUT2D eigenvalue weighted by molar-refractivity contribution is 6.06. The van der Waals surface area contributed by atoms with Gasteiger partial charge >= 0.3 is 0 Å². The first-order valence-corrected chi connectivity index (χ1v) is 7.59. The van der Waals surface area contributed by atoms with Crippen LogP contribution in [-0.4, -0.2) is 55.6 Å². The van der Waals surface area contributed by atoms with Crippen molar-refractivity contribution in [1.82, 2.24) is 15.2 Å². The molecule has 110 valence electrons. The third-order valence-electron chi connectivity index (χ3n) is 4.64. The number of likely N-dealkylation sites (N-methyl/N-ethyl adjacent to an activating group) is 1. The Morgan fingerprint density at radius 3 is 2.76 bits per heavy atom. The van der Waals surface area contributed by atoms with Gasteiger partial charge in [0.2, 0.25) is 0 Å². The summed E-state index contributed by atoms with van der Waals surface area (Å²) < 4.78 is 0. The van der Waals surface area contributed by atoms with Gasteiger partial charge in [-0.25, -0.2) is 0 Å². The Labute approximate surface area is 123 Å².